The Labute approximate surface area is 102 Å². The fraction of sp³-hybridized carbons (Fsp3) is 0.357. The minimum absolute atomic E-state index is 0.0678. The number of aromatic nitrogens is 2. The van der Waals surface area contributed by atoms with Crippen LogP contribution in [-0.4, -0.2) is 9.78 Å². The zero-order valence-electron chi connectivity index (χ0n) is 10.4. The summed E-state index contributed by atoms with van der Waals surface area (Å²) in [6.45, 7) is 2.17. The molecular formula is C14H19N3. The van der Waals surface area contributed by atoms with Gasteiger partial charge in [-0.25, -0.2) is 0 Å². The van der Waals surface area contributed by atoms with Crippen LogP contribution in [0.4, 0.5) is 0 Å². The molecule has 17 heavy (non-hydrogen) atoms. The number of nitrogens with zero attached hydrogens (tertiary/aromatic N) is 2. The van der Waals surface area contributed by atoms with E-state index >= 15 is 0 Å². The van der Waals surface area contributed by atoms with Crippen molar-refractivity contribution in [3.8, 4) is 0 Å². The summed E-state index contributed by atoms with van der Waals surface area (Å²) >= 11 is 0. The molecule has 3 heteroatoms. The molecule has 2 N–H and O–H groups in total. The second-order valence-electron chi connectivity index (χ2n) is 4.60. The zero-order valence-corrected chi connectivity index (χ0v) is 10.4. The highest BCUT2D eigenvalue weighted by Crippen LogP contribution is 2.21. The summed E-state index contributed by atoms with van der Waals surface area (Å²) < 4.78 is 1.83. The summed E-state index contributed by atoms with van der Waals surface area (Å²) in [7, 11) is 1.94. The van der Waals surface area contributed by atoms with Crippen molar-refractivity contribution in [3.05, 3.63) is 53.9 Å². The van der Waals surface area contributed by atoms with Crippen LogP contribution >= 0.6 is 0 Å². The summed E-state index contributed by atoms with van der Waals surface area (Å²) in [5, 5.41) is 4.39. The van der Waals surface area contributed by atoms with Gasteiger partial charge in [0.1, 0.15) is 0 Å². The largest absolute Gasteiger partial charge is 0.324 e. The lowest BCUT2D eigenvalue weighted by Gasteiger charge is -2.19. The number of aryl methyl sites for hydroxylation is 1. The van der Waals surface area contributed by atoms with E-state index in [2.05, 4.69) is 24.2 Å². The van der Waals surface area contributed by atoms with E-state index in [-0.39, 0.29) is 6.04 Å². The quantitative estimate of drug-likeness (QED) is 0.874. The number of hydrogen-bond donors (Lipinski definition) is 1. The predicted molar refractivity (Wildman–Crippen MR) is 69.4 cm³/mol. The summed E-state index contributed by atoms with van der Waals surface area (Å²) in [4.78, 5) is 0. The van der Waals surface area contributed by atoms with Gasteiger partial charge in [0.25, 0.3) is 0 Å². The number of benzene rings is 1. The van der Waals surface area contributed by atoms with Gasteiger partial charge in [0.05, 0.1) is 5.69 Å². The molecule has 2 rings (SSSR count). The van der Waals surface area contributed by atoms with Crippen molar-refractivity contribution in [1.82, 2.24) is 9.78 Å². The molecule has 0 fully saturated rings. The minimum atomic E-state index is 0.0678. The van der Waals surface area contributed by atoms with E-state index in [1.54, 1.807) is 0 Å². The van der Waals surface area contributed by atoms with E-state index in [1.807, 2.05) is 42.2 Å². The molecule has 0 aliphatic carbocycles. The number of hydrogen-bond acceptors (Lipinski definition) is 2. The van der Waals surface area contributed by atoms with Crippen LogP contribution in [0.25, 0.3) is 0 Å². The molecule has 1 aromatic heterocycles. The van der Waals surface area contributed by atoms with Crippen molar-refractivity contribution in [3.63, 3.8) is 0 Å². The van der Waals surface area contributed by atoms with Crippen LogP contribution < -0.4 is 5.73 Å². The third-order valence-corrected chi connectivity index (χ3v) is 3.10. The molecule has 0 aliphatic heterocycles. The molecule has 1 aromatic carbocycles. The maximum absolute atomic E-state index is 6.26. The Bertz CT molecular complexity index is 461. The monoisotopic (exact) mass is 229 g/mol. The van der Waals surface area contributed by atoms with Crippen LogP contribution in [0.15, 0.2) is 42.6 Å². The first-order valence-corrected chi connectivity index (χ1v) is 5.96. The summed E-state index contributed by atoms with van der Waals surface area (Å²) in [5.41, 5.74) is 8.55. The Kier molecular flexibility index (Phi) is 3.59. The van der Waals surface area contributed by atoms with Crippen molar-refractivity contribution in [1.29, 1.82) is 0 Å². The lowest BCUT2D eigenvalue weighted by molar-refractivity contribution is 0.461. The van der Waals surface area contributed by atoms with Gasteiger partial charge in [0.2, 0.25) is 0 Å². The van der Waals surface area contributed by atoms with Gasteiger partial charge in [0, 0.05) is 19.3 Å². The molecule has 0 spiro atoms. The highest BCUT2D eigenvalue weighted by Gasteiger charge is 2.16. The molecule has 0 saturated carbocycles. The van der Waals surface area contributed by atoms with E-state index < -0.39 is 0 Å². The Morgan fingerprint density at radius 1 is 1.24 bits per heavy atom. The number of rotatable bonds is 4. The number of nitrogens with two attached hydrogens (primary N) is 1. The lowest BCUT2D eigenvalue weighted by atomic mass is 9.92. The standard InChI is InChI=1S/C14H19N3/c1-11(10-13-8-9-17(2)16-13)14(15)12-6-4-3-5-7-12/h3-9,11,14H,10,15H2,1-2H3. The van der Waals surface area contributed by atoms with Crippen LogP contribution in [0.1, 0.15) is 24.2 Å². The van der Waals surface area contributed by atoms with E-state index in [4.69, 9.17) is 5.73 Å². The van der Waals surface area contributed by atoms with Crippen LogP contribution in [0, 0.1) is 5.92 Å². The summed E-state index contributed by atoms with van der Waals surface area (Å²) in [6, 6.07) is 12.4. The van der Waals surface area contributed by atoms with Crippen molar-refractivity contribution < 1.29 is 0 Å². The van der Waals surface area contributed by atoms with Gasteiger partial charge in [-0.2, -0.15) is 5.10 Å². The van der Waals surface area contributed by atoms with Gasteiger partial charge in [-0.1, -0.05) is 37.3 Å². The Hall–Kier alpha value is -1.61. The second-order valence-corrected chi connectivity index (χ2v) is 4.60. The Balaban J connectivity index is 2.03. The van der Waals surface area contributed by atoms with Crippen LogP contribution in [0.3, 0.4) is 0 Å². The van der Waals surface area contributed by atoms with Crippen molar-refractivity contribution >= 4 is 0 Å². The third-order valence-electron chi connectivity index (χ3n) is 3.10. The Morgan fingerprint density at radius 3 is 2.53 bits per heavy atom. The highest BCUT2D eigenvalue weighted by molar-refractivity contribution is 5.19. The van der Waals surface area contributed by atoms with Crippen LogP contribution in [-0.2, 0) is 13.5 Å². The molecule has 1 heterocycles. The summed E-state index contributed by atoms with van der Waals surface area (Å²) in [6.07, 6.45) is 2.88. The minimum Gasteiger partial charge on any atom is -0.324 e. The zero-order chi connectivity index (χ0) is 12.3. The summed E-state index contributed by atoms with van der Waals surface area (Å²) in [5.74, 6) is 0.382. The average molecular weight is 229 g/mol. The van der Waals surface area contributed by atoms with E-state index in [0.29, 0.717) is 5.92 Å². The maximum Gasteiger partial charge on any atom is 0.0627 e. The lowest BCUT2D eigenvalue weighted by Crippen LogP contribution is -2.21. The molecule has 0 bridgehead atoms. The predicted octanol–water partition coefficient (Wildman–Crippen LogP) is 2.30. The topological polar surface area (TPSA) is 43.8 Å². The van der Waals surface area contributed by atoms with Gasteiger partial charge in [-0.05, 0) is 24.0 Å². The average Bonchev–Trinajstić information content (AvgIpc) is 2.75. The smallest absolute Gasteiger partial charge is 0.0627 e. The van der Waals surface area contributed by atoms with Gasteiger partial charge in [0.15, 0.2) is 0 Å². The van der Waals surface area contributed by atoms with E-state index in [9.17, 15) is 0 Å². The van der Waals surface area contributed by atoms with Crippen molar-refractivity contribution in [2.75, 3.05) is 0 Å². The molecule has 0 amide bonds. The second kappa shape index (κ2) is 5.15. The van der Waals surface area contributed by atoms with Gasteiger partial charge in [-0.3, -0.25) is 4.68 Å². The van der Waals surface area contributed by atoms with E-state index in [1.165, 1.54) is 5.56 Å². The molecule has 0 radical (unpaired) electrons. The van der Waals surface area contributed by atoms with Gasteiger partial charge in [-0.15, -0.1) is 0 Å². The highest BCUT2D eigenvalue weighted by atomic mass is 15.2. The first-order chi connectivity index (χ1) is 8.16. The molecule has 0 saturated heterocycles. The van der Waals surface area contributed by atoms with E-state index in [0.717, 1.165) is 12.1 Å². The Morgan fingerprint density at radius 2 is 1.94 bits per heavy atom. The maximum atomic E-state index is 6.26. The molecule has 2 unspecified atom stereocenters. The normalized spacial score (nSPS) is 14.5. The first-order valence-electron chi connectivity index (χ1n) is 5.96. The third kappa shape index (κ3) is 2.94. The SMILES string of the molecule is CC(Cc1ccn(C)n1)C(N)c1ccccc1. The van der Waals surface area contributed by atoms with Gasteiger partial charge < -0.3 is 5.73 Å². The van der Waals surface area contributed by atoms with Gasteiger partial charge >= 0.3 is 0 Å². The molecule has 90 valence electrons. The molecule has 2 atom stereocenters. The molecule has 0 aliphatic rings. The van der Waals surface area contributed by atoms with Crippen LogP contribution in [0.5, 0.6) is 0 Å². The first kappa shape index (κ1) is 11.9. The van der Waals surface area contributed by atoms with Crippen molar-refractivity contribution in [2.24, 2.45) is 18.7 Å². The molecule has 3 nitrogen and oxygen atoms in total. The fourth-order valence-corrected chi connectivity index (χ4v) is 2.03. The molecule has 2 aromatic rings. The molecular weight excluding hydrogens is 210 g/mol. The van der Waals surface area contributed by atoms with Crippen molar-refractivity contribution in [2.45, 2.75) is 19.4 Å². The fourth-order valence-electron chi connectivity index (χ4n) is 2.03. The van der Waals surface area contributed by atoms with Crippen LogP contribution in [0.2, 0.25) is 0 Å².